The van der Waals surface area contributed by atoms with E-state index in [1.54, 1.807) is 20.8 Å². The Bertz CT molecular complexity index is 207. The lowest BCUT2D eigenvalue weighted by Crippen LogP contribution is -2.41. The molecule has 1 atom stereocenters. The van der Waals surface area contributed by atoms with E-state index in [1.807, 2.05) is 0 Å². The summed E-state index contributed by atoms with van der Waals surface area (Å²) in [5, 5.41) is 10.6. The molecule has 0 aliphatic heterocycles. The zero-order valence-corrected chi connectivity index (χ0v) is 8.25. The van der Waals surface area contributed by atoms with Crippen LogP contribution in [0, 0.1) is 0 Å². The molecule has 2 N–H and O–H groups in total. The largest absolute Gasteiger partial charge is 0.480 e. The van der Waals surface area contributed by atoms with E-state index in [2.05, 4.69) is 5.32 Å². The van der Waals surface area contributed by atoms with E-state index in [9.17, 15) is 9.59 Å². The highest BCUT2D eigenvalue weighted by atomic mass is 16.6. The number of hydrogen-bond acceptors (Lipinski definition) is 3. The van der Waals surface area contributed by atoms with Gasteiger partial charge < -0.3 is 15.2 Å². The molecular formula is C8H15NO4. The Balaban J connectivity index is 3.96. The molecule has 13 heavy (non-hydrogen) atoms. The highest BCUT2D eigenvalue weighted by Gasteiger charge is 2.20. The van der Waals surface area contributed by atoms with E-state index < -0.39 is 23.7 Å². The van der Waals surface area contributed by atoms with Gasteiger partial charge in [-0.3, -0.25) is 4.79 Å². The maximum absolute atomic E-state index is 11.0. The number of carboxylic acid groups (broad SMARTS) is 1. The maximum atomic E-state index is 11.0. The van der Waals surface area contributed by atoms with E-state index in [4.69, 9.17) is 9.84 Å². The Hall–Kier alpha value is -1.26. The molecule has 0 aromatic carbocycles. The van der Waals surface area contributed by atoms with Crippen LogP contribution < -0.4 is 5.32 Å². The van der Waals surface area contributed by atoms with Crippen molar-refractivity contribution in [2.75, 3.05) is 0 Å². The van der Waals surface area contributed by atoms with Crippen molar-refractivity contribution in [2.45, 2.75) is 39.3 Å². The summed E-state index contributed by atoms with van der Waals surface area (Å²) in [5.41, 5.74) is -0.609. The number of aliphatic carboxylic acids is 1. The summed E-state index contributed by atoms with van der Waals surface area (Å²) in [7, 11) is 0. The number of amides is 1. The Morgan fingerprint density at radius 3 is 2.15 bits per heavy atom. The number of alkyl carbamates (subject to hydrolysis) is 1. The Morgan fingerprint density at radius 2 is 1.85 bits per heavy atom. The minimum atomic E-state index is -1.09. The quantitative estimate of drug-likeness (QED) is 0.636. The van der Waals surface area contributed by atoms with E-state index >= 15 is 0 Å². The average molecular weight is 190 g/mol. The van der Waals surface area contributed by atoms with Crippen molar-refractivity contribution in [1.29, 1.82) is 0 Å². The summed E-state index contributed by atoms with van der Waals surface area (Å²) in [5.74, 6) is -1.09. The smallest absolute Gasteiger partial charge is 0.408 e. The third kappa shape index (κ3) is 5.95. The third-order valence-electron chi connectivity index (χ3n) is 1.10. The predicted molar refractivity (Wildman–Crippen MR) is 46.5 cm³/mol. The summed E-state index contributed by atoms with van der Waals surface area (Å²) in [6.07, 6.45) is -0.720. The molecule has 0 unspecified atom stereocenters. The van der Waals surface area contributed by atoms with Gasteiger partial charge in [-0.2, -0.15) is 0 Å². The van der Waals surface area contributed by atoms with Gasteiger partial charge in [-0.05, 0) is 27.7 Å². The van der Waals surface area contributed by atoms with Gasteiger partial charge in [-0.1, -0.05) is 0 Å². The second kappa shape index (κ2) is 4.11. The normalized spacial score (nSPS) is 13.2. The number of carboxylic acids is 1. The summed E-state index contributed by atoms with van der Waals surface area (Å²) in [6.45, 7) is 6.49. The van der Waals surface area contributed by atoms with E-state index in [0.29, 0.717) is 0 Å². The fourth-order valence-corrected chi connectivity index (χ4v) is 0.546. The van der Waals surface area contributed by atoms with Crippen LogP contribution in [0.2, 0.25) is 0 Å². The van der Waals surface area contributed by atoms with Crippen molar-refractivity contribution in [2.24, 2.45) is 0 Å². The highest BCUT2D eigenvalue weighted by Crippen LogP contribution is 2.06. The van der Waals surface area contributed by atoms with Crippen molar-refractivity contribution in [3.8, 4) is 0 Å². The van der Waals surface area contributed by atoms with Gasteiger partial charge in [0.15, 0.2) is 0 Å². The zero-order valence-electron chi connectivity index (χ0n) is 8.25. The van der Waals surface area contributed by atoms with Crippen molar-refractivity contribution in [3.63, 3.8) is 0 Å². The number of carbonyl (C=O) groups excluding carboxylic acids is 1. The molecule has 0 aliphatic carbocycles. The van der Waals surface area contributed by atoms with E-state index in [0.717, 1.165) is 0 Å². The molecule has 0 saturated carbocycles. The molecule has 0 heterocycles. The first-order valence-electron chi connectivity index (χ1n) is 3.94. The maximum Gasteiger partial charge on any atom is 0.408 e. The van der Waals surface area contributed by atoms with Crippen LogP contribution in [-0.4, -0.2) is 28.8 Å². The molecule has 0 aromatic rings. The SMILES string of the molecule is C[C@H]([15NH]C(=O)OC(C)(C)C)C(=O)O. The van der Waals surface area contributed by atoms with E-state index in [1.165, 1.54) is 6.92 Å². The lowest BCUT2D eigenvalue weighted by Gasteiger charge is -2.20. The van der Waals surface area contributed by atoms with Crippen LogP contribution in [0.5, 0.6) is 0 Å². The van der Waals surface area contributed by atoms with Gasteiger partial charge in [-0.15, -0.1) is 0 Å². The molecular weight excluding hydrogens is 175 g/mol. The molecule has 5 nitrogen and oxygen atoms in total. The minimum absolute atomic E-state index is 0.609. The van der Waals surface area contributed by atoms with Crippen LogP contribution >= 0.6 is 0 Å². The molecule has 0 rings (SSSR count). The summed E-state index contributed by atoms with van der Waals surface area (Å²) < 4.78 is 4.85. The summed E-state index contributed by atoms with van der Waals surface area (Å²) in [6, 6.07) is -0.935. The van der Waals surface area contributed by atoms with Crippen molar-refractivity contribution >= 4 is 12.1 Å². The summed E-state index contributed by atoms with van der Waals surface area (Å²) in [4.78, 5) is 21.3. The van der Waals surface area contributed by atoms with E-state index in [-0.39, 0.29) is 0 Å². The van der Waals surface area contributed by atoms with Gasteiger partial charge in [0.25, 0.3) is 0 Å². The van der Waals surface area contributed by atoms with Crippen LogP contribution in [0.25, 0.3) is 0 Å². The van der Waals surface area contributed by atoms with Crippen LogP contribution in [0.15, 0.2) is 0 Å². The monoisotopic (exact) mass is 190 g/mol. The summed E-state index contributed by atoms with van der Waals surface area (Å²) >= 11 is 0. The molecule has 0 radical (unpaired) electrons. The zero-order chi connectivity index (χ0) is 10.6. The van der Waals surface area contributed by atoms with Crippen LogP contribution in [-0.2, 0) is 9.53 Å². The van der Waals surface area contributed by atoms with Gasteiger partial charge in [-0.25, -0.2) is 4.79 Å². The van der Waals surface area contributed by atoms with Crippen LogP contribution in [0.1, 0.15) is 27.7 Å². The number of rotatable bonds is 2. The second-order valence-corrected chi connectivity index (χ2v) is 3.71. The fourth-order valence-electron chi connectivity index (χ4n) is 0.546. The van der Waals surface area contributed by atoms with Gasteiger partial charge in [0.1, 0.15) is 11.6 Å². The first kappa shape index (κ1) is 11.7. The Labute approximate surface area is 77.1 Å². The predicted octanol–water partition coefficient (Wildman–Crippen LogP) is 0.984. The standard InChI is InChI=1S/C8H15NO4/c1-5(6(10)11)9-7(12)13-8(2,3)4/h5H,1-4H3,(H,9,12)(H,10,11)/t5-/m0/s1/i9+1. The number of nitrogens with one attached hydrogen (secondary N) is 1. The lowest BCUT2D eigenvalue weighted by atomic mass is 10.2. The van der Waals surface area contributed by atoms with Crippen molar-refractivity contribution in [3.05, 3.63) is 0 Å². The molecule has 0 aromatic heterocycles. The number of ether oxygens (including phenoxy) is 1. The van der Waals surface area contributed by atoms with Crippen LogP contribution in [0.4, 0.5) is 4.79 Å². The van der Waals surface area contributed by atoms with Gasteiger partial charge in [0.05, 0.1) is 0 Å². The van der Waals surface area contributed by atoms with Crippen molar-refractivity contribution in [1.82, 2.24) is 5.32 Å². The minimum Gasteiger partial charge on any atom is -0.480 e. The molecule has 0 fully saturated rings. The topological polar surface area (TPSA) is 75.6 Å². The van der Waals surface area contributed by atoms with Gasteiger partial charge in [0.2, 0.25) is 0 Å². The molecule has 0 bridgehead atoms. The lowest BCUT2D eigenvalue weighted by molar-refractivity contribution is -0.139. The molecule has 5 heteroatoms. The Morgan fingerprint density at radius 1 is 1.38 bits per heavy atom. The van der Waals surface area contributed by atoms with Crippen molar-refractivity contribution < 1.29 is 19.4 Å². The first-order valence-corrected chi connectivity index (χ1v) is 3.94. The average Bonchev–Trinajstić information content (AvgIpc) is 1.81. The van der Waals surface area contributed by atoms with Gasteiger partial charge in [0, 0.05) is 0 Å². The molecule has 0 aliphatic rings. The Kier molecular flexibility index (Phi) is 3.71. The van der Waals surface area contributed by atoms with Gasteiger partial charge >= 0.3 is 12.1 Å². The second-order valence-electron chi connectivity index (χ2n) is 3.71. The molecule has 0 spiro atoms. The molecule has 1 amide bonds. The molecule has 0 saturated heterocycles. The molecule has 76 valence electrons. The van der Waals surface area contributed by atoms with Crippen LogP contribution in [0.3, 0.4) is 0 Å². The fraction of sp³-hybridized carbons (Fsp3) is 0.750. The highest BCUT2D eigenvalue weighted by molar-refractivity contribution is 5.79. The number of hydrogen-bond donors (Lipinski definition) is 2. The first-order chi connectivity index (χ1) is 5.72. The third-order valence-corrected chi connectivity index (χ3v) is 1.10. The number of carbonyl (C=O) groups is 2.